The van der Waals surface area contributed by atoms with Crippen molar-refractivity contribution < 1.29 is 0 Å². The first-order chi connectivity index (χ1) is 30.0. The van der Waals surface area contributed by atoms with E-state index in [1.54, 1.807) is 0 Å². The highest BCUT2D eigenvalue weighted by Crippen LogP contribution is 2.52. The normalized spacial score (nSPS) is 13.2. The molecular formula is C57H38N4. The molecule has 4 nitrogen and oxygen atoms in total. The van der Waals surface area contributed by atoms with Crippen molar-refractivity contribution in [1.82, 2.24) is 19.1 Å². The van der Waals surface area contributed by atoms with Gasteiger partial charge >= 0.3 is 0 Å². The summed E-state index contributed by atoms with van der Waals surface area (Å²) in [6, 6.07) is 70.5. The molecule has 0 unspecified atom stereocenters. The molecule has 0 spiro atoms. The zero-order valence-electron chi connectivity index (χ0n) is 33.8. The van der Waals surface area contributed by atoms with Crippen LogP contribution in [0.5, 0.6) is 0 Å². The minimum atomic E-state index is -0.312. The second-order valence-electron chi connectivity index (χ2n) is 17.0. The smallest absolute Gasteiger partial charge is 0.161 e. The van der Waals surface area contributed by atoms with Gasteiger partial charge in [0.2, 0.25) is 0 Å². The maximum Gasteiger partial charge on any atom is 0.161 e. The van der Waals surface area contributed by atoms with Crippen LogP contribution in [0.3, 0.4) is 0 Å². The van der Waals surface area contributed by atoms with Gasteiger partial charge in [-0.05, 0) is 76.3 Å². The minimum absolute atomic E-state index is 0.312. The summed E-state index contributed by atoms with van der Waals surface area (Å²) in [5, 5.41) is 9.68. The topological polar surface area (TPSA) is 35.6 Å². The second kappa shape index (κ2) is 12.6. The first-order valence-electron chi connectivity index (χ1n) is 21.1. The van der Waals surface area contributed by atoms with Crippen molar-refractivity contribution in [3.8, 4) is 45.3 Å². The first kappa shape index (κ1) is 34.1. The molecule has 3 aromatic heterocycles. The van der Waals surface area contributed by atoms with Crippen molar-refractivity contribution in [3.05, 3.63) is 205 Å². The van der Waals surface area contributed by atoms with E-state index in [-0.39, 0.29) is 5.41 Å². The number of rotatable bonds is 4. The third kappa shape index (κ3) is 4.82. The van der Waals surface area contributed by atoms with Crippen LogP contribution < -0.4 is 0 Å². The summed E-state index contributed by atoms with van der Waals surface area (Å²) in [5.74, 6) is 0.723. The Balaban J connectivity index is 1.08. The van der Waals surface area contributed by atoms with E-state index in [0.717, 1.165) is 61.6 Å². The van der Waals surface area contributed by atoms with Gasteiger partial charge in [-0.1, -0.05) is 153 Å². The molecule has 0 amide bonds. The Morgan fingerprint density at radius 1 is 0.393 bits per heavy atom. The number of benzene rings is 9. The summed E-state index contributed by atoms with van der Waals surface area (Å²) in [6.07, 6.45) is 0. The Morgan fingerprint density at radius 2 is 0.984 bits per heavy atom. The summed E-state index contributed by atoms with van der Waals surface area (Å²) in [6.45, 7) is 4.64. The Kier molecular flexibility index (Phi) is 7.04. The molecule has 12 aromatic rings. The Hall–Kier alpha value is -7.82. The zero-order valence-corrected chi connectivity index (χ0v) is 33.8. The van der Waals surface area contributed by atoms with Crippen LogP contribution >= 0.6 is 0 Å². The van der Waals surface area contributed by atoms with Crippen molar-refractivity contribution in [2.75, 3.05) is 0 Å². The number of fused-ring (bicyclic) bond motifs is 11. The number of hydrogen-bond acceptors (Lipinski definition) is 2. The van der Waals surface area contributed by atoms with Crippen LogP contribution in [-0.4, -0.2) is 19.1 Å². The molecule has 286 valence electrons. The molecule has 61 heavy (non-hydrogen) atoms. The van der Waals surface area contributed by atoms with Gasteiger partial charge in [0.15, 0.2) is 5.82 Å². The summed E-state index contributed by atoms with van der Waals surface area (Å²) >= 11 is 0. The molecule has 0 saturated heterocycles. The average Bonchev–Trinajstić information content (AvgIpc) is 3.90. The molecule has 0 atom stereocenters. The fraction of sp³-hybridized carbons (Fsp3) is 0.0526. The summed E-state index contributed by atoms with van der Waals surface area (Å²) in [4.78, 5) is 11.2. The number of para-hydroxylation sites is 3. The monoisotopic (exact) mass is 778 g/mol. The van der Waals surface area contributed by atoms with Gasteiger partial charge in [-0.3, -0.25) is 0 Å². The Bertz CT molecular complexity index is 3790. The zero-order chi connectivity index (χ0) is 40.4. The van der Waals surface area contributed by atoms with Crippen LogP contribution in [-0.2, 0) is 5.41 Å². The predicted molar refractivity (Wildman–Crippen MR) is 254 cm³/mol. The molecule has 0 aliphatic heterocycles. The summed E-state index contributed by atoms with van der Waals surface area (Å²) in [5.41, 5.74) is 14.3. The highest BCUT2D eigenvalue weighted by atomic mass is 15.0. The Labute approximate surface area is 352 Å². The van der Waals surface area contributed by atoms with Crippen LogP contribution in [0.1, 0.15) is 25.0 Å². The summed E-state index contributed by atoms with van der Waals surface area (Å²) in [7, 11) is 0. The van der Waals surface area contributed by atoms with Gasteiger partial charge in [-0.15, -0.1) is 0 Å². The standard InChI is InChI=1S/C57H38N4/c1-57(2)47-25-13-10-24-45(47)55-53(57)54(37-28-29-43-41-22-11-14-26-48(41)60(51(43)34-37)38-18-4-3-5-19-38)58-56(59-55)44-30-31-50(40-21-9-8-20-39(40)44)61-49-27-15-12-23-42(49)46-32-35-16-6-7-17-36(35)33-52(46)61/h3-34H,1-2H3. The van der Waals surface area contributed by atoms with Crippen LogP contribution in [0.4, 0.5) is 0 Å². The van der Waals surface area contributed by atoms with Crippen LogP contribution in [0, 0.1) is 0 Å². The number of hydrogen-bond donors (Lipinski definition) is 0. The molecule has 0 saturated carbocycles. The van der Waals surface area contributed by atoms with E-state index in [0.29, 0.717) is 0 Å². The first-order valence-corrected chi connectivity index (χ1v) is 21.1. The molecule has 0 radical (unpaired) electrons. The number of aromatic nitrogens is 4. The average molecular weight is 779 g/mol. The van der Waals surface area contributed by atoms with Crippen molar-refractivity contribution in [2.45, 2.75) is 19.3 Å². The second-order valence-corrected chi connectivity index (χ2v) is 17.0. The van der Waals surface area contributed by atoms with E-state index >= 15 is 0 Å². The van der Waals surface area contributed by atoms with Gasteiger partial charge < -0.3 is 9.13 Å². The molecule has 4 heteroatoms. The summed E-state index contributed by atoms with van der Waals surface area (Å²) < 4.78 is 4.83. The van der Waals surface area contributed by atoms with Crippen molar-refractivity contribution in [3.63, 3.8) is 0 Å². The lowest BCUT2D eigenvalue weighted by molar-refractivity contribution is 0.658. The predicted octanol–water partition coefficient (Wildman–Crippen LogP) is 14.6. The third-order valence-corrected chi connectivity index (χ3v) is 13.3. The van der Waals surface area contributed by atoms with Gasteiger partial charge in [0.25, 0.3) is 0 Å². The van der Waals surface area contributed by atoms with E-state index in [9.17, 15) is 0 Å². The lowest BCUT2D eigenvalue weighted by Crippen LogP contribution is -2.17. The number of nitrogens with zero attached hydrogens (tertiary/aromatic N) is 4. The largest absolute Gasteiger partial charge is 0.309 e. The molecule has 0 N–H and O–H groups in total. The van der Waals surface area contributed by atoms with E-state index in [1.165, 1.54) is 60.0 Å². The van der Waals surface area contributed by atoms with Gasteiger partial charge in [-0.2, -0.15) is 0 Å². The molecule has 9 aromatic carbocycles. The SMILES string of the molecule is CC1(C)c2ccccc2-c2nc(-c3ccc(-n4c5ccccc5c5cc6ccccc6cc54)c4ccccc34)nc(-c3ccc4c5ccccc5n(-c5ccccc5)c4c3)c21. The van der Waals surface area contributed by atoms with E-state index < -0.39 is 0 Å². The molecule has 1 aliphatic carbocycles. The fourth-order valence-corrected chi connectivity index (χ4v) is 10.5. The molecule has 0 bridgehead atoms. The van der Waals surface area contributed by atoms with Crippen LogP contribution in [0.25, 0.3) is 110 Å². The highest BCUT2D eigenvalue weighted by Gasteiger charge is 2.40. The molecule has 1 aliphatic rings. The van der Waals surface area contributed by atoms with Gasteiger partial charge in [-0.25, -0.2) is 9.97 Å². The lowest BCUT2D eigenvalue weighted by Gasteiger charge is -2.24. The van der Waals surface area contributed by atoms with Crippen molar-refractivity contribution >= 4 is 65.2 Å². The van der Waals surface area contributed by atoms with E-state index in [4.69, 9.17) is 9.97 Å². The van der Waals surface area contributed by atoms with Gasteiger partial charge in [0.05, 0.1) is 39.1 Å². The van der Waals surface area contributed by atoms with E-state index in [1.807, 2.05) is 0 Å². The van der Waals surface area contributed by atoms with Gasteiger partial charge in [0, 0.05) is 60.3 Å². The maximum absolute atomic E-state index is 5.68. The molecular weight excluding hydrogens is 741 g/mol. The highest BCUT2D eigenvalue weighted by molar-refractivity contribution is 6.15. The van der Waals surface area contributed by atoms with Gasteiger partial charge in [0.1, 0.15) is 0 Å². The quantitative estimate of drug-likeness (QED) is 0.178. The van der Waals surface area contributed by atoms with E-state index in [2.05, 4.69) is 217 Å². The third-order valence-electron chi connectivity index (χ3n) is 13.3. The van der Waals surface area contributed by atoms with Crippen LogP contribution in [0.2, 0.25) is 0 Å². The molecule has 0 fully saturated rings. The fourth-order valence-electron chi connectivity index (χ4n) is 10.5. The Morgan fingerprint density at radius 3 is 1.79 bits per heavy atom. The molecule has 3 heterocycles. The minimum Gasteiger partial charge on any atom is -0.309 e. The van der Waals surface area contributed by atoms with Crippen molar-refractivity contribution in [2.24, 2.45) is 0 Å². The van der Waals surface area contributed by atoms with Crippen LogP contribution in [0.15, 0.2) is 194 Å². The maximum atomic E-state index is 5.68. The lowest BCUT2D eigenvalue weighted by atomic mass is 9.80. The molecule has 13 rings (SSSR count). The van der Waals surface area contributed by atoms with Crippen molar-refractivity contribution in [1.29, 1.82) is 0 Å².